The lowest BCUT2D eigenvalue weighted by Gasteiger charge is -2.08. The number of aliphatic carboxylic acids is 1. The second kappa shape index (κ2) is 7.28. The van der Waals surface area contributed by atoms with Gasteiger partial charge in [-0.3, -0.25) is 4.79 Å². The van der Waals surface area contributed by atoms with Gasteiger partial charge in [-0.15, -0.1) is 0 Å². The van der Waals surface area contributed by atoms with Gasteiger partial charge in [0.1, 0.15) is 11.5 Å². The SMILES string of the molecule is C/C(=N/NC(=O)COc1ccc(C(C)C)cc1)C(=O)O. The predicted molar refractivity (Wildman–Crippen MR) is 74.9 cm³/mol. The van der Waals surface area contributed by atoms with Crippen LogP contribution in [0.1, 0.15) is 32.3 Å². The highest BCUT2D eigenvalue weighted by atomic mass is 16.5. The van der Waals surface area contributed by atoms with Crippen molar-refractivity contribution in [1.29, 1.82) is 0 Å². The van der Waals surface area contributed by atoms with Crippen molar-refractivity contribution in [2.24, 2.45) is 5.10 Å². The van der Waals surface area contributed by atoms with Crippen LogP contribution < -0.4 is 10.2 Å². The zero-order chi connectivity index (χ0) is 15.1. The summed E-state index contributed by atoms with van der Waals surface area (Å²) in [6.07, 6.45) is 0. The van der Waals surface area contributed by atoms with E-state index in [2.05, 4.69) is 24.4 Å². The third-order valence-corrected chi connectivity index (χ3v) is 2.57. The molecule has 0 aromatic heterocycles. The summed E-state index contributed by atoms with van der Waals surface area (Å²) in [6.45, 7) is 5.24. The van der Waals surface area contributed by atoms with Gasteiger partial charge in [0.25, 0.3) is 5.91 Å². The maximum absolute atomic E-state index is 11.4. The molecule has 0 saturated carbocycles. The maximum Gasteiger partial charge on any atom is 0.351 e. The number of ether oxygens (including phenoxy) is 1. The molecule has 0 unspecified atom stereocenters. The maximum atomic E-state index is 11.4. The van der Waals surface area contributed by atoms with Crippen LogP contribution >= 0.6 is 0 Å². The number of carboxylic acid groups (broad SMARTS) is 1. The van der Waals surface area contributed by atoms with Crippen LogP contribution in [0.3, 0.4) is 0 Å². The largest absolute Gasteiger partial charge is 0.484 e. The van der Waals surface area contributed by atoms with Crippen molar-refractivity contribution < 1.29 is 19.4 Å². The van der Waals surface area contributed by atoms with Gasteiger partial charge >= 0.3 is 5.97 Å². The van der Waals surface area contributed by atoms with Gasteiger partial charge < -0.3 is 9.84 Å². The first-order chi connectivity index (χ1) is 9.40. The van der Waals surface area contributed by atoms with Gasteiger partial charge in [0.2, 0.25) is 0 Å². The molecule has 0 spiro atoms. The summed E-state index contributed by atoms with van der Waals surface area (Å²) in [4.78, 5) is 21.8. The summed E-state index contributed by atoms with van der Waals surface area (Å²) in [6, 6.07) is 7.44. The third-order valence-electron chi connectivity index (χ3n) is 2.57. The molecular formula is C14H18N2O4. The highest BCUT2D eigenvalue weighted by Gasteiger charge is 2.05. The van der Waals surface area contributed by atoms with E-state index in [1.54, 1.807) is 12.1 Å². The molecule has 0 aliphatic carbocycles. The number of carboxylic acids is 1. The first-order valence-electron chi connectivity index (χ1n) is 6.19. The molecule has 0 aliphatic heterocycles. The average Bonchev–Trinajstić information content (AvgIpc) is 2.42. The van der Waals surface area contributed by atoms with E-state index in [0.717, 1.165) is 0 Å². The van der Waals surface area contributed by atoms with Gasteiger partial charge in [-0.25, -0.2) is 10.2 Å². The fraction of sp³-hybridized carbons (Fsp3) is 0.357. The summed E-state index contributed by atoms with van der Waals surface area (Å²) in [5.41, 5.74) is 3.10. The number of nitrogens with one attached hydrogen (secondary N) is 1. The minimum absolute atomic E-state index is 0.195. The Labute approximate surface area is 117 Å². The summed E-state index contributed by atoms with van der Waals surface area (Å²) in [7, 11) is 0. The van der Waals surface area contributed by atoms with Gasteiger partial charge in [0.15, 0.2) is 6.61 Å². The van der Waals surface area contributed by atoms with Crippen LogP contribution in [0.2, 0.25) is 0 Å². The topological polar surface area (TPSA) is 88.0 Å². The first-order valence-corrected chi connectivity index (χ1v) is 6.19. The highest BCUT2D eigenvalue weighted by molar-refractivity contribution is 6.34. The quantitative estimate of drug-likeness (QED) is 0.613. The van der Waals surface area contributed by atoms with Gasteiger partial charge in [0, 0.05) is 0 Å². The Balaban J connectivity index is 2.45. The van der Waals surface area contributed by atoms with Crippen LogP contribution in [-0.2, 0) is 9.59 Å². The van der Waals surface area contributed by atoms with Crippen molar-refractivity contribution in [2.75, 3.05) is 6.61 Å². The number of nitrogens with zero attached hydrogens (tertiary/aromatic N) is 1. The smallest absolute Gasteiger partial charge is 0.351 e. The van der Waals surface area contributed by atoms with E-state index in [9.17, 15) is 9.59 Å². The van der Waals surface area contributed by atoms with Crippen LogP contribution in [0.4, 0.5) is 0 Å². The van der Waals surface area contributed by atoms with Gasteiger partial charge in [0.05, 0.1) is 0 Å². The zero-order valence-electron chi connectivity index (χ0n) is 11.7. The Bertz CT molecular complexity index is 506. The van der Waals surface area contributed by atoms with E-state index < -0.39 is 11.9 Å². The van der Waals surface area contributed by atoms with Crippen LogP contribution in [0.15, 0.2) is 29.4 Å². The van der Waals surface area contributed by atoms with Crippen LogP contribution in [0, 0.1) is 0 Å². The van der Waals surface area contributed by atoms with Crippen molar-refractivity contribution in [3.63, 3.8) is 0 Å². The molecule has 6 nitrogen and oxygen atoms in total. The summed E-state index contributed by atoms with van der Waals surface area (Å²) in [5, 5.41) is 12.0. The molecule has 0 heterocycles. The molecule has 2 N–H and O–H groups in total. The van der Waals surface area contributed by atoms with Crippen molar-refractivity contribution in [1.82, 2.24) is 5.43 Å². The number of amides is 1. The van der Waals surface area contributed by atoms with E-state index in [1.165, 1.54) is 12.5 Å². The van der Waals surface area contributed by atoms with Crippen molar-refractivity contribution >= 4 is 17.6 Å². The number of hydrogen-bond donors (Lipinski definition) is 2. The van der Waals surface area contributed by atoms with Crippen LogP contribution in [-0.4, -0.2) is 29.3 Å². The monoisotopic (exact) mass is 278 g/mol. The number of hydrogen-bond acceptors (Lipinski definition) is 4. The van der Waals surface area contributed by atoms with Crippen molar-refractivity contribution in [3.05, 3.63) is 29.8 Å². The van der Waals surface area contributed by atoms with E-state index in [0.29, 0.717) is 11.7 Å². The van der Waals surface area contributed by atoms with Gasteiger partial charge in [-0.1, -0.05) is 26.0 Å². The molecule has 6 heteroatoms. The number of rotatable bonds is 6. The molecule has 1 aromatic carbocycles. The second-order valence-corrected chi connectivity index (χ2v) is 4.55. The molecule has 0 atom stereocenters. The first kappa shape index (κ1) is 15.7. The van der Waals surface area contributed by atoms with E-state index in [-0.39, 0.29) is 12.3 Å². The zero-order valence-corrected chi connectivity index (χ0v) is 11.7. The fourth-order valence-electron chi connectivity index (χ4n) is 1.32. The number of carbonyl (C=O) groups is 2. The van der Waals surface area contributed by atoms with E-state index >= 15 is 0 Å². The third kappa shape index (κ3) is 5.09. The summed E-state index contributed by atoms with van der Waals surface area (Å²) in [5.74, 6) is -0.696. The molecule has 0 bridgehead atoms. The Morgan fingerprint density at radius 3 is 2.40 bits per heavy atom. The fourth-order valence-corrected chi connectivity index (χ4v) is 1.32. The lowest BCUT2D eigenvalue weighted by Crippen LogP contribution is -2.26. The molecule has 0 aliphatic rings. The van der Waals surface area contributed by atoms with Gasteiger partial charge in [-0.05, 0) is 30.5 Å². The minimum atomic E-state index is -1.18. The molecule has 108 valence electrons. The van der Waals surface area contributed by atoms with Crippen molar-refractivity contribution in [2.45, 2.75) is 26.7 Å². The van der Waals surface area contributed by atoms with Crippen molar-refractivity contribution in [3.8, 4) is 5.75 Å². The van der Waals surface area contributed by atoms with Gasteiger partial charge in [-0.2, -0.15) is 5.10 Å². The molecule has 0 saturated heterocycles. The number of benzene rings is 1. The summed E-state index contributed by atoms with van der Waals surface area (Å²) < 4.78 is 5.27. The Morgan fingerprint density at radius 2 is 1.90 bits per heavy atom. The molecule has 0 fully saturated rings. The number of hydrazone groups is 1. The Morgan fingerprint density at radius 1 is 1.30 bits per heavy atom. The predicted octanol–water partition coefficient (Wildman–Crippen LogP) is 1.77. The molecule has 1 aromatic rings. The summed E-state index contributed by atoms with van der Waals surface area (Å²) >= 11 is 0. The number of carbonyl (C=O) groups excluding carboxylic acids is 1. The lowest BCUT2D eigenvalue weighted by molar-refractivity contribution is -0.129. The van der Waals surface area contributed by atoms with E-state index in [4.69, 9.17) is 9.84 Å². The average molecular weight is 278 g/mol. The molecule has 1 amide bonds. The van der Waals surface area contributed by atoms with Crippen LogP contribution in [0.5, 0.6) is 5.75 Å². The van der Waals surface area contributed by atoms with E-state index in [1.807, 2.05) is 12.1 Å². The molecule has 20 heavy (non-hydrogen) atoms. The Hall–Kier alpha value is -2.37. The highest BCUT2D eigenvalue weighted by Crippen LogP contribution is 2.18. The normalized spacial score (nSPS) is 11.3. The second-order valence-electron chi connectivity index (χ2n) is 4.55. The molecule has 1 rings (SSSR count). The Kier molecular flexibility index (Phi) is 5.71. The standard InChI is InChI=1S/C14H18N2O4/c1-9(2)11-4-6-12(7-5-11)20-8-13(17)16-15-10(3)14(18)19/h4-7,9H,8H2,1-3H3,(H,16,17)(H,18,19)/b15-10-. The molecular weight excluding hydrogens is 260 g/mol. The minimum Gasteiger partial charge on any atom is -0.484 e. The lowest BCUT2D eigenvalue weighted by atomic mass is 10.0. The molecule has 0 radical (unpaired) electrons. The van der Waals surface area contributed by atoms with Crippen LogP contribution in [0.25, 0.3) is 0 Å².